The topological polar surface area (TPSA) is 67.4 Å². The summed E-state index contributed by atoms with van der Waals surface area (Å²) in [5.41, 5.74) is 3.18. The largest absolute Gasteiger partial charge is 0.483 e. The number of carbonyl (C=O) groups is 2. The van der Waals surface area contributed by atoms with Crippen molar-refractivity contribution < 1.29 is 14.3 Å². The molecule has 5 nitrogen and oxygen atoms in total. The SMILES string of the molecule is Cc1cc(Br)cc(C)c1OCC(=O)Nc1ccc(C(=O)NC2CCCCC2)cc1. The molecule has 1 aliphatic carbocycles. The van der Waals surface area contributed by atoms with Crippen molar-refractivity contribution in [3.8, 4) is 5.75 Å². The predicted octanol–water partition coefficient (Wildman–Crippen LogP) is 5.15. The van der Waals surface area contributed by atoms with Crippen molar-refractivity contribution in [1.29, 1.82) is 0 Å². The average Bonchev–Trinajstić information content (AvgIpc) is 2.68. The summed E-state index contributed by atoms with van der Waals surface area (Å²) in [7, 11) is 0. The lowest BCUT2D eigenvalue weighted by molar-refractivity contribution is -0.118. The fourth-order valence-electron chi connectivity index (χ4n) is 3.68. The van der Waals surface area contributed by atoms with Crippen molar-refractivity contribution in [3.05, 3.63) is 57.6 Å². The predicted molar refractivity (Wildman–Crippen MR) is 119 cm³/mol. The normalized spacial score (nSPS) is 14.3. The van der Waals surface area contributed by atoms with Crippen LogP contribution in [0.2, 0.25) is 0 Å². The molecule has 0 aromatic heterocycles. The summed E-state index contributed by atoms with van der Waals surface area (Å²) < 4.78 is 6.69. The molecule has 0 unspecified atom stereocenters. The minimum absolute atomic E-state index is 0.0562. The van der Waals surface area contributed by atoms with Gasteiger partial charge in [0.2, 0.25) is 0 Å². The van der Waals surface area contributed by atoms with Crippen molar-refractivity contribution in [2.45, 2.75) is 52.0 Å². The van der Waals surface area contributed by atoms with E-state index in [4.69, 9.17) is 4.74 Å². The van der Waals surface area contributed by atoms with Crippen LogP contribution in [-0.2, 0) is 4.79 Å². The molecule has 0 saturated heterocycles. The molecule has 0 aliphatic heterocycles. The van der Waals surface area contributed by atoms with Crippen molar-refractivity contribution in [2.75, 3.05) is 11.9 Å². The van der Waals surface area contributed by atoms with Crippen LogP contribution in [0.5, 0.6) is 5.75 Å². The Morgan fingerprint density at radius 3 is 2.28 bits per heavy atom. The highest BCUT2D eigenvalue weighted by Gasteiger charge is 2.16. The van der Waals surface area contributed by atoms with E-state index in [1.54, 1.807) is 24.3 Å². The number of carbonyl (C=O) groups excluding carboxylic acids is 2. The molecular weight excluding hydrogens is 432 g/mol. The zero-order valence-electron chi connectivity index (χ0n) is 16.9. The van der Waals surface area contributed by atoms with E-state index in [0.717, 1.165) is 34.2 Å². The fraction of sp³-hybridized carbons (Fsp3) is 0.391. The molecule has 3 rings (SSSR count). The van der Waals surface area contributed by atoms with E-state index in [-0.39, 0.29) is 24.5 Å². The molecule has 1 saturated carbocycles. The van der Waals surface area contributed by atoms with Gasteiger partial charge in [-0.05, 0) is 74.2 Å². The monoisotopic (exact) mass is 458 g/mol. The molecule has 154 valence electrons. The molecule has 6 heteroatoms. The summed E-state index contributed by atoms with van der Waals surface area (Å²) in [5.74, 6) is 0.420. The number of halogens is 1. The minimum Gasteiger partial charge on any atom is -0.483 e. The molecule has 0 heterocycles. The van der Waals surface area contributed by atoms with Crippen molar-refractivity contribution in [3.63, 3.8) is 0 Å². The Labute approximate surface area is 180 Å². The second kappa shape index (κ2) is 9.92. The maximum Gasteiger partial charge on any atom is 0.262 e. The van der Waals surface area contributed by atoms with E-state index < -0.39 is 0 Å². The number of aryl methyl sites for hydroxylation is 2. The molecule has 0 spiro atoms. The van der Waals surface area contributed by atoms with Crippen molar-refractivity contribution >= 4 is 33.4 Å². The van der Waals surface area contributed by atoms with Crippen molar-refractivity contribution in [1.82, 2.24) is 5.32 Å². The van der Waals surface area contributed by atoms with Gasteiger partial charge >= 0.3 is 0 Å². The van der Waals surface area contributed by atoms with Crippen LogP contribution < -0.4 is 15.4 Å². The summed E-state index contributed by atoms with van der Waals surface area (Å²) in [4.78, 5) is 24.6. The summed E-state index contributed by atoms with van der Waals surface area (Å²) >= 11 is 3.45. The van der Waals surface area contributed by atoms with Crippen LogP contribution in [0, 0.1) is 13.8 Å². The van der Waals surface area contributed by atoms with Crippen LogP contribution in [0.1, 0.15) is 53.6 Å². The van der Waals surface area contributed by atoms with Gasteiger partial charge in [-0.3, -0.25) is 9.59 Å². The summed E-state index contributed by atoms with van der Waals surface area (Å²) in [6.45, 7) is 3.82. The maximum atomic E-state index is 12.4. The lowest BCUT2D eigenvalue weighted by Crippen LogP contribution is -2.36. The van der Waals surface area contributed by atoms with Crippen LogP contribution in [-0.4, -0.2) is 24.5 Å². The number of rotatable bonds is 6. The Balaban J connectivity index is 1.51. The standard InChI is InChI=1S/C23H27BrN2O3/c1-15-12-18(24)13-16(2)22(15)29-14-21(27)25-20-10-8-17(9-11-20)23(28)26-19-6-4-3-5-7-19/h8-13,19H,3-7,14H2,1-2H3,(H,25,27)(H,26,28). The minimum atomic E-state index is -0.244. The van der Waals surface area contributed by atoms with Gasteiger partial charge in [-0.25, -0.2) is 0 Å². The van der Waals surface area contributed by atoms with E-state index in [1.807, 2.05) is 26.0 Å². The van der Waals surface area contributed by atoms with Crippen LogP contribution in [0.15, 0.2) is 40.9 Å². The van der Waals surface area contributed by atoms with Gasteiger partial charge in [0.25, 0.3) is 11.8 Å². The molecule has 1 fully saturated rings. The number of amides is 2. The third kappa shape index (κ3) is 6.07. The zero-order valence-corrected chi connectivity index (χ0v) is 18.5. The Kier molecular flexibility index (Phi) is 7.31. The molecular formula is C23H27BrN2O3. The quantitative estimate of drug-likeness (QED) is 0.628. The molecule has 2 aromatic rings. The van der Waals surface area contributed by atoms with Gasteiger partial charge in [0.1, 0.15) is 5.75 Å². The molecule has 29 heavy (non-hydrogen) atoms. The number of hydrogen-bond acceptors (Lipinski definition) is 3. The first-order chi connectivity index (χ1) is 13.9. The number of hydrogen-bond donors (Lipinski definition) is 2. The first-order valence-electron chi connectivity index (χ1n) is 10.0. The number of benzene rings is 2. The van der Waals surface area contributed by atoms with E-state index in [9.17, 15) is 9.59 Å². The Morgan fingerprint density at radius 1 is 1.03 bits per heavy atom. The van der Waals surface area contributed by atoms with E-state index in [2.05, 4.69) is 26.6 Å². The van der Waals surface area contributed by atoms with E-state index in [1.165, 1.54) is 19.3 Å². The highest BCUT2D eigenvalue weighted by atomic mass is 79.9. The van der Waals surface area contributed by atoms with Crippen LogP contribution >= 0.6 is 15.9 Å². The van der Waals surface area contributed by atoms with Gasteiger partial charge in [0, 0.05) is 21.8 Å². The zero-order chi connectivity index (χ0) is 20.8. The van der Waals surface area contributed by atoms with Gasteiger partial charge in [0.05, 0.1) is 0 Å². The van der Waals surface area contributed by atoms with Gasteiger partial charge in [-0.15, -0.1) is 0 Å². The lowest BCUT2D eigenvalue weighted by atomic mass is 9.95. The van der Waals surface area contributed by atoms with Gasteiger partial charge in [-0.1, -0.05) is 35.2 Å². The van der Waals surface area contributed by atoms with Gasteiger partial charge < -0.3 is 15.4 Å². The van der Waals surface area contributed by atoms with Crippen LogP contribution in [0.25, 0.3) is 0 Å². The summed E-state index contributed by atoms with van der Waals surface area (Å²) in [6.07, 6.45) is 5.72. The average molecular weight is 459 g/mol. The summed E-state index contributed by atoms with van der Waals surface area (Å²) in [6, 6.07) is 11.1. The third-order valence-electron chi connectivity index (χ3n) is 5.14. The van der Waals surface area contributed by atoms with Gasteiger partial charge in [-0.2, -0.15) is 0 Å². The molecule has 0 bridgehead atoms. The highest BCUT2D eigenvalue weighted by Crippen LogP contribution is 2.27. The van der Waals surface area contributed by atoms with Crippen LogP contribution in [0.4, 0.5) is 5.69 Å². The highest BCUT2D eigenvalue weighted by molar-refractivity contribution is 9.10. The van der Waals surface area contributed by atoms with Gasteiger partial charge in [0.15, 0.2) is 6.61 Å². The molecule has 1 aliphatic rings. The Hall–Kier alpha value is -2.34. The first kappa shape index (κ1) is 21.4. The first-order valence-corrected chi connectivity index (χ1v) is 10.8. The third-order valence-corrected chi connectivity index (χ3v) is 5.60. The maximum absolute atomic E-state index is 12.4. The molecule has 2 amide bonds. The van der Waals surface area contributed by atoms with Crippen LogP contribution in [0.3, 0.4) is 0 Å². The smallest absolute Gasteiger partial charge is 0.262 e. The second-order valence-electron chi connectivity index (χ2n) is 7.59. The molecule has 0 atom stereocenters. The van der Waals surface area contributed by atoms with Crippen molar-refractivity contribution in [2.24, 2.45) is 0 Å². The number of anilines is 1. The molecule has 0 radical (unpaired) electrons. The fourth-order valence-corrected chi connectivity index (χ4v) is 4.37. The Morgan fingerprint density at radius 2 is 1.66 bits per heavy atom. The number of ether oxygens (including phenoxy) is 1. The van der Waals surface area contributed by atoms with E-state index in [0.29, 0.717) is 11.3 Å². The lowest BCUT2D eigenvalue weighted by Gasteiger charge is -2.22. The second-order valence-corrected chi connectivity index (χ2v) is 8.51. The molecule has 2 N–H and O–H groups in total. The molecule has 2 aromatic carbocycles. The van der Waals surface area contributed by atoms with E-state index >= 15 is 0 Å². The Bertz CT molecular complexity index is 851. The number of nitrogens with one attached hydrogen (secondary N) is 2. The summed E-state index contributed by atoms with van der Waals surface area (Å²) in [5, 5.41) is 5.90.